The largest absolute Gasteiger partial charge is 0.450 e. The van der Waals surface area contributed by atoms with Gasteiger partial charge in [0.15, 0.2) is 0 Å². The average Bonchev–Trinajstić information content (AvgIpc) is 2.58. The Morgan fingerprint density at radius 3 is 2.63 bits per heavy atom. The lowest BCUT2D eigenvalue weighted by atomic mass is 10.1. The molecule has 1 aromatic heterocycles. The van der Waals surface area contributed by atoms with Crippen molar-refractivity contribution in [3.05, 3.63) is 16.2 Å². The molecule has 1 unspecified atom stereocenters. The predicted octanol–water partition coefficient (Wildman–Crippen LogP) is 3.06. The first-order valence-corrected chi connectivity index (χ1v) is 9.19. The summed E-state index contributed by atoms with van der Waals surface area (Å²) in [5.74, 6) is 0.0902. The van der Waals surface area contributed by atoms with Crippen LogP contribution in [0.5, 0.6) is 0 Å². The van der Waals surface area contributed by atoms with Gasteiger partial charge >= 0.3 is 11.8 Å². The number of nitro groups is 1. The van der Waals surface area contributed by atoms with Crippen LogP contribution >= 0.6 is 0 Å². The number of carbonyl (C=O) groups excluding carboxylic acids is 1. The highest BCUT2D eigenvalue weighted by Crippen LogP contribution is 2.32. The molecule has 0 aliphatic rings. The molecule has 1 amide bonds. The van der Waals surface area contributed by atoms with E-state index in [1.807, 2.05) is 6.92 Å². The molecule has 0 saturated carbocycles. The number of carbonyl (C=O) groups is 1. The zero-order valence-corrected chi connectivity index (χ0v) is 16.4. The van der Waals surface area contributed by atoms with Crippen molar-refractivity contribution in [1.82, 2.24) is 9.88 Å². The molecular weight excluding hydrogens is 352 g/mol. The molecule has 0 bridgehead atoms. The molecule has 0 aliphatic heterocycles. The summed E-state index contributed by atoms with van der Waals surface area (Å²) in [6.07, 6.45) is 1.12. The van der Waals surface area contributed by atoms with Gasteiger partial charge in [0.05, 0.1) is 11.5 Å². The molecule has 1 rings (SSSR count). The van der Waals surface area contributed by atoms with Crippen LogP contribution < -0.4 is 16.4 Å². The number of pyridine rings is 1. The van der Waals surface area contributed by atoms with Crippen molar-refractivity contribution in [2.75, 3.05) is 42.6 Å². The fourth-order valence-corrected chi connectivity index (χ4v) is 2.68. The Morgan fingerprint density at radius 2 is 2.07 bits per heavy atom. The van der Waals surface area contributed by atoms with E-state index in [1.165, 1.54) is 6.07 Å². The fraction of sp³-hybridized carbons (Fsp3) is 0.647. The summed E-state index contributed by atoms with van der Waals surface area (Å²) in [6, 6.07) is 1.48. The van der Waals surface area contributed by atoms with E-state index in [1.54, 1.807) is 6.92 Å². The molecule has 27 heavy (non-hydrogen) atoms. The highest BCUT2D eigenvalue weighted by Gasteiger charge is 2.23. The van der Waals surface area contributed by atoms with Gasteiger partial charge in [0.1, 0.15) is 11.5 Å². The smallest absolute Gasteiger partial charge is 0.411 e. The minimum absolute atomic E-state index is 0.0520. The summed E-state index contributed by atoms with van der Waals surface area (Å²) in [7, 11) is 0. The Hall–Kier alpha value is -2.62. The number of hydrogen-bond donors (Lipinski definition) is 3. The third kappa shape index (κ3) is 7.26. The van der Waals surface area contributed by atoms with E-state index in [0.29, 0.717) is 5.82 Å². The van der Waals surface area contributed by atoms with E-state index < -0.39 is 16.7 Å². The second-order valence-corrected chi connectivity index (χ2v) is 6.11. The molecule has 0 saturated heterocycles. The van der Waals surface area contributed by atoms with Gasteiger partial charge in [-0.3, -0.25) is 15.4 Å². The van der Waals surface area contributed by atoms with Crippen molar-refractivity contribution >= 4 is 29.1 Å². The Balaban J connectivity index is 2.84. The topological polar surface area (TPSA) is 136 Å². The quantitative estimate of drug-likeness (QED) is 0.392. The summed E-state index contributed by atoms with van der Waals surface area (Å²) in [5, 5.41) is 16.8. The van der Waals surface area contributed by atoms with Crippen LogP contribution in [0.2, 0.25) is 0 Å². The van der Waals surface area contributed by atoms with Crippen LogP contribution in [0.4, 0.5) is 27.8 Å². The lowest BCUT2D eigenvalue weighted by molar-refractivity contribution is -0.383. The molecular formula is C17H30N6O4. The standard InChI is InChI=1S/C17H30N6O4/c1-5-22(6-2)10-8-9-12(4)19-14-11-13(20-17(24)27-7-3)15(23(25)26)16(18)21-14/h11-12H,5-10H2,1-4H3,(H4,18,19,20,21,24). The van der Waals surface area contributed by atoms with E-state index in [4.69, 9.17) is 10.5 Å². The lowest BCUT2D eigenvalue weighted by Crippen LogP contribution is -2.26. The highest BCUT2D eigenvalue weighted by atomic mass is 16.6. The number of nitrogens with two attached hydrogens (primary N) is 1. The first-order chi connectivity index (χ1) is 12.8. The normalized spacial score (nSPS) is 11.9. The summed E-state index contributed by atoms with van der Waals surface area (Å²) >= 11 is 0. The number of nitrogens with zero attached hydrogens (tertiary/aromatic N) is 3. The van der Waals surface area contributed by atoms with Gasteiger partial charge in [0, 0.05) is 12.1 Å². The van der Waals surface area contributed by atoms with Crippen molar-refractivity contribution in [2.24, 2.45) is 0 Å². The van der Waals surface area contributed by atoms with Gasteiger partial charge in [0.2, 0.25) is 5.82 Å². The molecule has 0 aliphatic carbocycles. The van der Waals surface area contributed by atoms with Crippen LogP contribution in [0.25, 0.3) is 0 Å². The van der Waals surface area contributed by atoms with Gasteiger partial charge in [-0.15, -0.1) is 0 Å². The summed E-state index contributed by atoms with van der Waals surface area (Å²) in [5.41, 5.74) is 5.23. The molecule has 1 heterocycles. The number of nitrogens with one attached hydrogen (secondary N) is 2. The van der Waals surface area contributed by atoms with Gasteiger partial charge in [-0.25, -0.2) is 9.78 Å². The minimum atomic E-state index is -0.788. The van der Waals surface area contributed by atoms with Crippen LogP contribution in [-0.2, 0) is 4.74 Å². The van der Waals surface area contributed by atoms with E-state index >= 15 is 0 Å². The average molecular weight is 382 g/mol. The molecule has 152 valence electrons. The monoisotopic (exact) mass is 382 g/mol. The Kier molecular flexibility index (Phi) is 9.27. The number of amides is 1. The first kappa shape index (κ1) is 22.4. The van der Waals surface area contributed by atoms with Crippen molar-refractivity contribution in [2.45, 2.75) is 46.6 Å². The maximum atomic E-state index is 11.7. The van der Waals surface area contributed by atoms with Crippen LogP contribution in [-0.4, -0.2) is 53.2 Å². The van der Waals surface area contributed by atoms with Gasteiger partial charge in [-0.1, -0.05) is 13.8 Å². The van der Waals surface area contributed by atoms with Crippen molar-refractivity contribution < 1.29 is 14.5 Å². The minimum Gasteiger partial charge on any atom is -0.450 e. The molecule has 0 fully saturated rings. The summed E-state index contributed by atoms with van der Waals surface area (Å²) in [6.45, 7) is 11.1. The third-order valence-electron chi connectivity index (χ3n) is 4.11. The Labute approximate surface area is 159 Å². The van der Waals surface area contributed by atoms with E-state index in [2.05, 4.69) is 34.4 Å². The van der Waals surface area contributed by atoms with Crippen LogP contribution in [0, 0.1) is 10.1 Å². The van der Waals surface area contributed by atoms with E-state index in [-0.39, 0.29) is 24.2 Å². The molecule has 1 aromatic rings. The van der Waals surface area contributed by atoms with E-state index in [9.17, 15) is 14.9 Å². The number of aromatic nitrogens is 1. The third-order valence-corrected chi connectivity index (χ3v) is 4.11. The van der Waals surface area contributed by atoms with Crippen LogP contribution in [0.1, 0.15) is 40.5 Å². The molecule has 0 spiro atoms. The van der Waals surface area contributed by atoms with E-state index in [0.717, 1.165) is 32.5 Å². The maximum absolute atomic E-state index is 11.7. The molecule has 10 heteroatoms. The second-order valence-electron chi connectivity index (χ2n) is 6.11. The molecule has 0 aromatic carbocycles. The molecule has 1 atom stereocenters. The zero-order valence-electron chi connectivity index (χ0n) is 16.4. The molecule has 0 radical (unpaired) electrons. The van der Waals surface area contributed by atoms with Gasteiger partial charge in [-0.05, 0) is 46.3 Å². The molecule has 10 nitrogen and oxygen atoms in total. The number of ether oxygens (including phenoxy) is 1. The maximum Gasteiger partial charge on any atom is 0.411 e. The predicted molar refractivity (Wildman–Crippen MR) is 106 cm³/mol. The van der Waals surface area contributed by atoms with Gasteiger partial charge < -0.3 is 20.7 Å². The van der Waals surface area contributed by atoms with Crippen LogP contribution in [0.15, 0.2) is 6.07 Å². The number of rotatable bonds is 11. The Bertz CT molecular complexity index is 636. The van der Waals surface area contributed by atoms with Crippen molar-refractivity contribution in [3.63, 3.8) is 0 Å². The SMILES string of the molecule is CCOC(=O)Nc1cc(NC(C)CCCN(CC)CC)nc(N)c1[N+](=O)[O-]. The first-order valence-electron chi connectivity index (χ1n) is 9.19. The second kappa shape index (κ2) is 11.2. The van der Waals surface area contributed by atoms with Crippen LogP contribution in [0.3, 0.4) is 0 Å². The van der Waals surface area contributed by atoms with Crippen molar-refractivity contribution in [3.8, 4) is 0 Å². The highest BCUT2D eigenvalue weighted by molar-refractivity contribution is 5.90. The number of anilines is 3. The molecule has 4 N–H and O–H groups in total. The lowest BCUT2D eigenvalue weighted by Gasteiger charge is -2.20. The number of hydrogen-bond acceptors (Lipinski definition) is 8. The summed E-state index contributed by atoms with van der Waals surface area (Å²) < 4.78 is 4.78. The zero-order chi connectivity index (χ0) is 20.4. The van der Waals surface area contributed by atoms with Gasteiger partial charge in [-0.2, -0.15) is 0 Å². The fourth-order valence-electron chi connectivity index (χ4n) is 2.68. The van der Waals surface area contributed by atoms with Crippen molar-refractivity contribution in [1.29, 1.82) is 0 Å². The number of nitrogen functional groups attached to an aromatic ring is 1. The van der Waals surface area contributed by atoms with Gasteiger partial charge in [0.25, 0.3) is 0 Å². The Morgan fingerprint density at radius 1 is 1.41 bits per heavy atom. The summed E-state index contributed by atoms with van der Waals surface area (Å²) in [4.78, 5) is 28.6.